The minimum absolute atomic E-state index is 0.106. The van der Waals surface area contributed by atoms with Gasteiger partial charge >= 0.3 is 0 Å². The Morgan fingerprint density at radius 3 is 3.05 bits per heavy atom. The molecule has 0 amide bonds. The third-order valence-corrected chi connectivity index (χ3v) is 4.38. The summed E-state index contributed by atoms with van der Waals surface area (Å²) in [6.45, 7) is 2.14. The van der Waals surface area contributed by atoms with Crippen LogP contribution < -0.4 is 0 Å². The van der Waals surface area contributed by atoms with E-state index in [0.717, 1.165) is 25.7 Å². The molecule has 0 radical (unpaired) electrons. The topological polar surface area (TPSA) is 20.2 Å². The van der Waals surface area contributed by atoms with Gasteiger partial charge in [-0.1, -0.05) is 55.8 Å². The van der Waals surface area contributed by atoms with E-state index in [0.29, 0.717) is 11.8 Å². The van der Waals surface area contributed by atoms with E-state index in [9.17, 15) is 5.11 Å². The molecule has 0 heterocycles. The molecule has 100 valence electrons. The normalized spacial score (nSPS) is 25.8. The smallest absolute Gasteiger partial charge is 0.0574 e. The van der Waals surface area contributed by atoms with E-state index in [-0.39, 0.29) is 6.10 Å². The van der Waals surface area contributed by atoms with Crippen LogP contribution in [-0.4, -0.2) is 11.2 Å². The van der Waals surface area contributed by atoms with Crippen LogP contribution in [0.1, 0.15) is 48.8 Å². The fourth-order valence-corrected chi connectivity index (χ4v) is 3.15. The third kappa shape index (κ3) is 2.66. The molecule has 0 bridgehead atoms. The van der Waals surface area contributed by atoms with E-state index in [2.05, 4.69) is 49.4 Å². The highest BCUT2D eigenvalue weighted by Crippen LogP contribution is 2.50. The molecule has 1 heteroatoms. The maximum absolute atomic E-state index is 10.1. The number of aliphatic hydroxyl groups excluding tert-OH is 1. The molecule has 3 unspecified atom stereocenters. The van der Waals surface area contributed by atoms with Crippen LogP contribution in [0, 0.1) is 5.92 Å². The predicted octanol–water partition coefficient (Wildman–Crippen LogP) is 4.08. The van der Waals surface area contributed by atoms with Crippen molar-refractivity contribution in [2.75, 3.05) is 0 Å². The van der Waals surface area contributed by atoms with Crippen LogP contribution in [0.4, 0.5) is 0 Å². The van der Waals surface area contributed by atoms with E-state index >= 15 is 0 Å². The first-order valence-corrected chi connectivity index (χ1v) is 7.43. The zero-order valence-electron chi connectivity index (χ0n) is 11.5. The van der Waals surface area contributed by atoms with Crippen molar-refractivity contribution in [3.63, 3.8) is 0 Å². The van der Waals surface area contributed by atoms with Gasteiger partial charge < -0.3 is 5.11 Å². The first-order chi connectivity index (χ1) is 9.29. The minimum atomic E-state index is -0.106. The van der Waals surface area contributed by atoms with Crippen LogP contribution in [0.2, 0.25) is 0 Å². The van der Waals surface area contributed by atoms with Crippen molar-refractivity contribution in [1.29, 1.82) is 0 Å². The molecule has 0 spiro atoms. The number of rotatable bonds is 4. The number of hydrogen-bond acceptors (Lipinski definition) is 1. The molecule has 3 atom stereocenters. The zero-order valence-corrected chi connectivity index (χ0v) is 11.5. The highest BCUT2D eigenvalue weighted by atomic mass is 16.3. The lowest BCUT2D eigenvalue weighted by Crippen LogP contribution is -2.09. The highest BCUT2D eigenvalue weighted by molar-refractivity contribution is 5.59. The molecule has 0 aliphatic heterocycles. The monoisotopic (exact) mass is 254 g/mol. The van der Waals surface area contributed by atoms with Crippen molar-refractivity contribution in [1.82, 2.24) is 0 Å². The largest absolute Gasteiger partial charge is 0.393 e. The number of fused-ring (bicyclic) bond motifs is 1. The van der Waals surface area contributed by atoms with Gasteiger partial charge in [-0.05, 0) is 47.8 Å². The number of benzene rings is 1. The lowest BCUT2D eigenvalue weighted by Gasteiger charge is -2.10. The lowest BCUT2D eigenvalue weighted by atomic mass is 9.98. The second-order valence-corrected chi connectivity index (χ2v) is 5.81. The predicted molar refractivity (Wildman–Crippen MR) is 80.1 cm³/mol. The maximum atomic E-state index is 10.1. The molecular formula is C18H22O. The second-order valence-electron chi connectivity index (χ2n) is 5.81. The Morgan fingerprint density at radius 2 is 2.21 bits per heavy atom. The number of hydrogen-bond donors (Lipinski definition) is 1. The Bertz CT molecular complexity index is 512. The van der Waals surface area contributed by atoms with Crippen LogP contribution in [-0.2, 0) is 6.42 Å². The van der Waals surface area contributed by atoms with E-state index in [4.69, 9.17) is 0 Å². The van der Waals surface area contributed by atoms with Gasteiger partial charge in [0.05, 0.1) is 6.10 Å². The Morgan fingerprint density at radius 1 is 1.32 bits per heavy atom. The average molecular weight is 254 g/mol. The van der Waals surface area contributed by atoms with Gasteiger partial charge in [-0.15, -0.1) is 0 Å². The van der Waals surface area contributed by atoms with E-state index in [1.165, 1.54) is 16.7 Å². The average Bonchev–Trinajstić information content (AvgIpc) is 3.22. The van der Waals surface area contributed by atoms with E-state index in [1.54, 1.807) is 0 Å². The molecule has 1 N–H and O–H groups in total. The van der Waals surface area contributed by atoms with Gasteiger partial charge in [0.1, 0.15) is 0 Å². The van der Waals surface area contributed by atoms with Crippen molar-refractivity contribution in [3.05, 3.63) is 53.1 Å². The Kier molecular flexibility index (Phi) is 3.56. The highest BCUT2D eigenvalue weighted by Gasteiger charge is 2.42. The van der Waals surface area contributed by atoms with Crippen molar-refractivity contribution in [3.8, 4) is 0 Å². The minimum Gasteiger partial charge on any atom is -0.393 e. The van der Waals surface area contributed by atoms with Crippen LogP contribution in [0.3, 0.4) is 0 Å². The van der Waals surface area contributed by atoms with Gasteiger partial charge in [-0.3, -0.25) is 0 Å². The summed E-state index contributed by atoms with van der Waals surface area (Å²) in [6.07, 6.45) is 12.7. The zero-order chi connectivity index (χ0) is 13.2. The van der Waals surface area contributed by atoms with Crippen LogP contribution in [0.25, 0.3) is 6.08 Å². The summed E-state index contributed by atoms with van der Waals surface area (Å²) in [4.78, 5) is 0. The fourth-order valence-electron chi connectivity index (χ4n) is 3.15. The van der Waals surface area contributed by atoms with Crippen LogP contribution >= 0.6 is 0 Å². The van der Waals surface area contributed by atoms with Crippen LogP contribution in [0.5, 0.6) is 0 Å². The van der Waals surface area contributed by atoms with Crippen molar-refractivity contribution < 1.29 is 5.11 Å². The van der Waals surface area contributed by atoms with Gasteiger partial charge in [0.25, 0.3) is 0 Å². The van der Waals surface area contributed by atoms with E-state index < -0.39 is 0 Å². The van der Waals surface area contributed by atoms with Crippen molar-refractivity contribution in [2.45, 2.75) is 44.6 Å². The standard InChI is InChI=1S/C18H22O/c1-2-6-18(19)17-12-16(17)15-10-9-13-7-4-3-5-8-14(13)11-15/h3-5,8-11,16-19H,2,6-7,12H2,1H3. The van der Waals surface area contributed by atoms with E-state index in [1.807, 2.05) is 0 Å². The summed E-state index contributed by atoms with van der Waals surface area (Å²) in [7, 11) is 0. The summed E-state index contributed by atoms with van der Waals surface area (Å²) in [6, 6.07) is 6.84. The summed E-state index contributed by atoms with van der Waals surface area (Å²) >= 11 is 0. The van der Waals surface area contributed by atoms with Gasteiger partial charge in [-0.25, -0.2) is 0 Å². The molecule has 1 aromatic carbocycles. The molecule has 1 nitrogen and oxygen atoms in total. The molecule has 2 aliphatic rings. The molecule has 1 saturated carbocycles. The first-order valence-electron chi connectivity index (χ1n) is 7.43. The molecule has 0 saturated heterocycles. The maximum Gasteiger partial charge on any atom is 0.0574 e. The van der Waals surface area contributed by atoms with Gasteiger partial charge in [0.15, 0.2) is 0 Å². The Labute approximate surface area is 115 Å². The van der Waals surface area contributed by atoms with Gasteiger partial charge in [0, 0.05) is 0 Å². The Balaban J connectivity index is 1.76. The molecule has 1 fully saturated rings. The summed E-state index contributed by atoms with van der Waals surface area (Å²) < 4.78 is 0. The Hall–Kier alpha value is -1.34. The lowest BCUT2D eigenvalue weighted by molar-refractivity contribution is 0.138. The third-order valence-electron chi connectivity index (χ3n) is 4.38. The summed E-state index contributed by atoms with van der Waals surface area (Å²) in [5, 5.41) is 10.1. The molecule has 2 aliphatic carbocycles. The molecular weight excluding hydrogens is 232 g/mol. The van der Waals surface area contributed by atoms with Crippen LogP contribution in [0.15, 0.2) is 36.4 Å². The van der Waals surface area contributed by atoms with Gasteiger partial charge in [-0.2, -0.15) is 0 Å². The molecule has 0 aromatic heterocycles. The molecule has 3 rings (SSSR count). The molecule has 1 aromatic rings. The second kappa shape index (κ2) is 5.34. The summed E-state index contributed by atoms with van der Waals surface area (Å²) in [5.41, 5.74) is 4.16. The quantitative estimate of drug-likeness (QED) is 0.858. The summed E-state index contributed by atoms with van der Waals surface area (Å²) in [5.74, 6) is 1.07. The van der Waals surface area contributed by atoms with Crippen molar-refractivity contribution >= 4 is 6.08 Å². The molecule has 19 heavy (non-hydrogen) atoms. The van der Waals surface area contributed by atoms with Gasteiger partial charge in [0.2, 0.25) is 0 Å². The fraction of sp³-hybridized carbons (Fsp3) is 0.444. The van der Waals surface area contributed by atoms with Crippen molar-refractivity contribution in [2.24, 2.45) is 5.92 Å². The number of aliphatic hydroxyl groups is 1. The SMILES string of the molecule is CCCC(O)C1CC1c1ccc2c(c1)C=CC=CC2. The number of allylic oxidation sites excluding steroid dienone is 3. The first kappa shape index (κ1) is 12.7.